The largest absolute Gasteiger partial charge is 0.364 e. The second kappa shape index (κ2) is 4.59. The monoisotopic (exact) mass is 248 g/mol. The Bertz CT molecular complexity index is 517. The molecule has 1 fully saturated rings. The van der Waals surface area contributed by atoms with Crippen LogP contribution >= 0.6 is 0 Å². The Balaban J connectivity index is 2.07. The Labute approximate surface area is 107 Å². The molecule has 4 heteroatoms. The summed E-state index contributed by atoms with van der Waals surface area (Å²) in [4.78, 5) is 26.6. The smallest absolute Gasteiger partial charge is 0.256 e. The molecule has 1 aliphatic carbocycles. The number of aromatic nitrogens is 1. The average molecular weight is 248 g/mol. The van der Waals surface area contributed by atoms with Crippen LogP contribution in [-0.2, 0) is 0 Å². The third kappa shape index (κ3) is 2.81. The van der Waals surface area contributed by atoms with Gasteiger partial charge in [0, 0.05) is 24.0 Å². The van der Waals surface area contributed by atoms with E-state index in [9.17, 15) is 9.59 Å². The molecule has 0 aromatic carbocycles. The van der Waals surface area contributed by atoms with Crippen LogP contribution in [0.15, 0.2) is 17.1 Å². The van der Waals surface area contributed by atoms with Crippen LogP contribution in [0.25, 0.3) is 0 Å². The first-order valence-electron chi connectivity index (χ1n) is 6.38. The predicted octanol–water partition coefficient (Wildman–Crippen LogP) is 1.99. The summed E-state index contributed by atoms with van der Waals surface area (Å²) in [5, 5.41) is 2.95. The van der Waals surface area contributed by atoms with Crippen molar-refractivity contribution in [2.24, 2.45) is 5.41 Å². The van der Waals surface area contributed by atoms with E-state index in [1.807, 2.05) is 0 Å². The van der Waals surface area contributed by atoms with Gasteiger partial charge in [-0.3, -0.25) is 9.59 Å². The molecule has 2 rings (SSSR count). The van der Waals surface area contributed by atoms with Gasteiger partial charge in [-0.05, 0) is 31.6 Å². The standard InChI is InChI=1S/C14H20N2O2/c1-9-6-12(17)11(8-15-9)13(18)16-10-4-5-14(2,3)7-10/h6,8,10H,4-5,7H2,1-3H3,(H,15,17)(H,16,18). The highest BCUT2D eigenvalue weighted by Gasteiger charge is 2.32. The van der Waals surface area contributed by atoms with Crippen molar-refractivity contribution >= 4 is 5.91 Å². The molecule has 1 saturated carbocycles. The maximum Gasteiger partial charge on any atom is 0.256 e. The number of amides is 1. The molecule has 18 heavy (non-hydrogen) atoms. The van der Waals surface area contributed by atoms with Crippen molar-refractivity contribution in [3.63, 3.8) is 0 Å². The number of pyridine rings is 1. The second-order valence-electron chi connectivity index (χ2n) is 5.97. The Morgan fingerprint density at radius 2 is 2.22 bits per heavy atom. The number of H-pyrrole nitrogens is 1. The summed E-state index contributed by atoms with van der Waals surface area (Å²) >= 11 is 0. The molecular formula is C14H20N2O2. The Hall–Kier alpha value is -1.58. The molecule has 1 unspecified atom stereocenters. The summed E-state index contributed by atoms with van der Waals surface area (Å²) in [6.45, 7) is 6.21. The highest BCUT2D eigenvalue weighted by molar-refractivity contribution is 5.94. The third-order valence-electron chi connectivity index (χ3n) is 3.61. The lowest BCUT2D eigenvalue weighted by atomic mass is 9.92. The molecule has 1 aliphatic rings. The average Bonchev–Trinajstić information content (AvgIpc) is 2.57. The van der Waals surface area contributed by atoms with Crippen molar-refractivity contribution in [3.8, 4) is 0 Å². The van der Waals surface area contributed by atoms with Gasteiger partial charge in [0.15, 0.2) is 5.43 Å². The molecule has 4 nitrogen and oxygen atoms in total. The van der Waals surface area contributed by atoms with Gasteiger partial charge >= 0.3 is 0 Å². The van der Waals surface area contributed by atoms with E-state index in [4.69, 9.17) is 0 Å². The highest BCUT2D eigenvalue weighted by atomic mass is 16.2. The van der Waals surface area contributed by atoms with E-state index >= 15 is 0 Å². The lowest BCUT2D eigenvalue weighted by Gasteiger charge is -2.17. The van der Waals surface area contributed by atoms with E-state index in [2.05, 4.69) is 24.1 Å². The van der Waals surface area contributed by atoms with Crippen LogP contribution in [0.1, 0.15) is 49.2 Å². The van der Waals surface area contributed by atoms with Gasteiger partial charge in [0.25, 0.3) is 5.91 Å². The Morgan fingerprint density at radius 1 is 1.50 bits per heavy atom. The first-order chi connectivity index (χ1) is 8.37. The topological polar surface area (TPSA) is 62.0 Å². The van der Waals surface area contributed by atoms with E-state index in [0.717, 1.165) is 25.0 Å². The number of hydrogen-bond acceptors (Lipinski definition) is 2. The van der Waals surface area contributed by atoms with Crippen LogP contribution in [0, 0.1) is 12.3 Å². The molecule has 2 N–H and O–H groups in total. The van der Waals surface area contributed by atoms with Crippen molar-refractivity contribution in [2.75, 3.05) is 0 Å². The SMILES string of the molecule is Cc1cc(=O)c(C(=O)NC2CCC(C)(C)C2)c[nH]1. The number of hydrogen-bond donors (Lipinski definition) is 2. The van der Waals surface area contributed by atoms with Crippen LogP contribution in [0.2, 0.25) is 0 Å². The highest BCUT2D eigenvalue weighted by Crippen LogP contribution is 2.36. The third-order valence-corrected chi connectivity index (χ3v) is 3.61. The van der Waals surface area contributed by atoms with Crippen molar-refractivity contribution in [1.82, 2.24) is 10.3 Å². The molecule has 1 heterocycles. The van der Waals surface area contributed by atoms with Crippen molar-refractivity contribution < 1.29 is 4.79 Å². The summed E-state index contributed by atoms with van der Waals surface area (Å²) in [7, 11) is 0. The summed E-state index contributed by atoms with van der Waals surface area (Å²) in [5.74, 6) is -0.265. The van der Waals surface area contributed by atoms with E-state index in [-0.39, 0.29) is 28.4 Å². The van der Waals surface area contributed by atoms with E-state index in [1.165, 1.54) is 12.3 Å². The molecule has 98 valence electrons. The number of nitrogens with one attached hydrogen (secondary N) is 2. The summed E-state index contributed by atoms with van der Waals surface area (Å²) < 4.78 is 0. The van der Waals surface area contributed by atoms with E-state index < -0.39 is 0 Å². The fourth-order valence-electron chi connectivity index (χ4n) is 2.57. The molecule has 1 aromatic heterocycles. The van der Waals surface area contributed by atoms with E-state index in [0.29, 0.717) is 0 Å². The fraction of sp³-hybridized carbons (Fsp3) is 0.571. The molecule has 0 spiro atoms. The van der Waals surface area contributed by atoms with Gasteiger partial charge in [-0.1, -0.05) is 13.8 Å². The molecule has 1 atom stereocenters. The Morgan fingerprint density at radius 3 is 2.78 bits per heavy atom. The first kappa shape index (κ1) is 12.9. The van der Waals surface area contributed by atoms with Gasteiger partial charge in [-0.25, -0.2) is 0 Å². The van der Waals surface area contributed by atoms with Gasteiger partial charge < -0.3 is 10.3 Å². The van der Waals surface area contributed by atoms with Crippen molar-refractivity contribution in [3.05, 3.63) is 33.7 Å². The maximum absolute atomic E-state index is 12.0. The summed E-state index contributed by atoms with van der Waals surface area (Å²) in [6.07, 6.45) is 4.57. The maximum atomic E-state index is 12.0. The number of aryl methyl sites for hydroxylation is 1. The number of carbonyl (C=O) groups excluding carboxylic acids is 1. The predicted molar refractivity (Wildman–Crippen MR) is 70.7 cm³/mol. The minimum Gasteiger partial charge on any atom is -0.364 e. The molecule has 1 aromatic rings. The first-order valence-corrected chi connectivity index (χ1v) is 6.38. The van der Waals surface area contributed by atoms with Gasteiger partial charge in [0.1, 0.15) is 5.56 Å². The normalized spacial score (nSPS) is 21.8. The van der Waals surface area contributed by atoms with Crippen LogP contribution in [-0.4, -0.2) is 16.9 Å². The minimum absolute atomic E-state index is 0.188. The molecule has 0 bridgehead atoms. The van der Waals surface area contributed by atoms with Crippen LogP contribution in [0.5, 0.6) is 0 Å². The van der Waals surface area contributed by atoms with Crippen LogP contribution in [0.4, 0.5) is 0 Å². The van der Waals surface area contributed by atoms with Gasteiger partial charge in [-0.15, -0.1) is 0 Å². The molecule has 0 radical (unpaired) electrons. The molecule has 1 amide bonds. The van der Waals surface area contributed by atoms with Crippen LogP contribution < -0.4 is 10.7 Å². The molecular weight excluding hydrogens is 228 g/mol. The fourth-order valence-corrected chi connectivity index (χ4v) is 2.57. The second-order valence-corrected chi connectivity index (χ2v) is 5.97. The number of carbonyl (C=O) groups is 1. The van der Waals surface area contributed by atoms with Crippen LogP contribution in [0.3, 0.4) is 0 Å². The van der Waals surface area contributed by atoms with Gasteiger partial charge in [0.2, 0.25) is 0 Å². The summed E-state index contributed by atoms with van der Waals surface area (Å²) in [5.41, 5.74) is 1.03. The lowest BCUT2D eigenvalue weighted by Crippen LogP contribution is -2.36. The Kier molecular flexibility index (Phi) is 3.28. The zero-order valence-electron chi connectivity index (χ0n) is 11.2. The quantitative estimate of drug-likeness (QED) is 0.840. The number of rotatable bonds is 2. The van der Waals surface area contributed by atoms with Crippen molar-refractivity contribution in [1.29, 1.82) is 0 Å². The van der Waals surface area contributed by atoms with Crippen molar-refractivity contribution in [2.45, 2.75) is 46.1 Å². The van der Waals surface area contributed by atoms with Gasteiger partial charge in [0.05, 0.1) is 0 Å². The zero-order valence-corrected chi connectivity index (χ0v) is 11.2. The molecule has 0 aliphatic heterocycles. The minimum atomic E-state index is -0.265. The summed E-state index contributed by atoms with van der Waals surface area (Å²) in [6, 6.07) is 1.64. The van der Waals surface area contributed by atoms with E-state index in [1.54, 1.807) is 6.92 Å². The lowest BCUT2D eigenvalue weighted by molar-refractivity contribution is 0.0934. The molecule has 0 saturated heterocycles. The van der Waals surface area contributed by atoms with Gasteiger partial charge in [-0.2, -0.15) is 0 Å². The zero-order chi connectivity index (χ0) is 13.3. The number of aromatic amines is 1.